The van der Waals surface area contributed by atoms with E-state index in [1.165, 1.54) is 0 Å². The number of carbonyl (C=O) groups excluding carboxylic acids is 1. The molecular weight excluding hydrogens is 244 g/mol. The number of benzene rings is 1. The highest BCUT2D eigenvalue weighted by Crippen LogP contribution is 2.17. The van der Waals surface area contributed by atoms with E-state index in [1.807, 2.05) is 0 Å². The molecule has 0 radical (unpaired) electrons. The lowest BCUT2D eigenvalue weighted by Gasteiger charge is -2.20. The van der Waals surface area contributed by atoms with E-state index in [0.29, 0.717) is 19.5 Å². The summed E-state index contributed by atoms with van der Waals surface area (Å²) in [6.07, 6.45) is 1.30. The molecule has 1 unspecified atom stereocenters. The van der Waals surface area contributed by atoms with Gasteiger partial charge in [-0.3, -0.25) is 4.79 Å². The number of amides is 1. The lowest BCUT2D eigenvalue weighted by molar-refractivity contribution is -0.131. The summed E-state index contributed by atoms with van der Waals surface area (Å²) in [5.41, 5.74) is 6.87. The predicted octanol–water partition coefficient (Wildman–Crippen LogP) is 0.103. The summed E-state index contributed by atoms with van der Waals surface area (Å²) in [6.45, 7) is 1.39. The third-order valence-electron chi connectivity index (χ3n) is 3.56. The molecule has 1 aliphatic rings. The van der Waals surface area contributed by atoms with Crippen LogP contribution in [0.4, 0.5) is 0 Å². The monoisotopic (exact) mass is 264 g/mol. The summed E-state index contributed by atoms with van der Waals surface area (Å²) in [4.78, 5) is 13.9. The SMILES string of the molecule is N[C@@H](Cc1ccc(O)cc1)C(=O)N1CCC(CO)C1. The van der Waals surface area contributed by atoms with Crippen molar-refractivity contribution in [3.63, 3.8) is 0 Å². The maximum atomic E-state index is 12.1. The first-order chi connectivity index (χ1) is 9.10. The molecule has 1 saturated heterocycles. The zero-order valence-corrected chi connectivity index (χ0v) is 10.8. The van der Waals surface area contributed by atoms with E-state index >= 15 is 0 Å². The number of phenols is 1. The van der Waals surface area contributed by atoms with Crippen molar-refractivity contribution in [3.05, 3.63) is 29.8 Å². The van der Waals surface area contributed by atoms with Crippen LogP contribution in [0.15, 0.2) is 24.3 Å². The van der Waals surface area contributed by atoms with Crippen molar-refractivity contribution in [3.8, 4) is 5.75 Å². The summed E-state index contributed by atoms with van der Waals surface area (Å²) in [7, 11) is 0. The molecule has 0 aliphatic carbocycles. The summed E-state index contributed by atoms with van der Waals surface area (Å²) in [5.74, 6) is 0.322. The number of nitrogens with zero attached hydrogens (tertiary/aromatic N) is 1. The van der Waals surface area contributed by atoms with Crippen molar-refractivity contribution >= 4 is 5.91 Å². The number of aliphatic hydroxyl groups is 1. The van der Waals surface area contributed by atoms with Gasteiger partial charge in [-0.05, 0) is 30.5 Å². The molecule has 104 valence electrons. The molecule has 1 amide bonds. The fraction of sp³-hybridized carbons (Fsp3) is 0.500. The second kappa shape index (κ2) is 6.04. The maximum absolute atomic E-state index is 12.1. The van der Waals surface area contributed by atoms with Crippen molar-refractivity contribution in [1.29, 1.82) is 0 Å². The highest BCUT2D eigenvalue weighted by Gasteiger charge is 2.28. The third kappa shape index (κ3) is 3.45. The van der Waals surface area contributed by atoms with Crippen LogP contribution in [0.5, 0.6) is 5.75 Å². The Morgan fingerprint density at radius 1 is 1.42 bits per heavy atom. The van der Waals surface area contributed by atoms with Gasteiger partial charge in [0, 0.05) is 25.6 Å². The molecule has 0 saturated carbocycles. The summed E-state index contributed by atoms with van der Waals surface area (Å²) in [5, 5.41) is 18.3. The van der Waals surface area contributed by atoms with Crippen LogP contribution in [0, 0.1) is 5.92 Å². The normalized spacial score (nSPS) is 20.5. The third-order valence-corrected chi connectivity index (χ3v) is 3.56. The van der Waals surface area contributed by atoms with Crippen molar-refractivity contribution < 1.29 is 15.0 Å². The van der Waals surface area contributed by atoms with Gasteiger partial charge in [-0.1, -0.05) is 12.1 Å². The molecular formula is C14H20N2O3. The molecule has 4 N–H and O–H groups in total. The second-order valence-corrected chi connectivity index (χ2v) is 5.10. The molecule has 1 aromatic rings. The van der Waals surface area contributed by atoms with E-state index in [1.54, 1.807) is 29.2 Å². The molecule has 0 aromatic heterocycles. The van der Waals surface area contributed by atoms with Gasteiger partial charge >= 0.3 is 0 Å². The Morgan fingerprint density at radius 3 is 2.68 bits per heavy atom. The van der Waals surface area contributed by atoms with E-state index in [9.17, 15) is 9.90 Å². The Kier molecular flexibility index (Phi) is 4.39. The molecule has 0 bridgehead atoms. The average Bonchev–Trinajstić information content (AvgIpc) is 2.89. The van der Waals surface area contributed by atoms with Crippen LogP contribution in [-0.4, -0.2) is 46.8 Å². The van der Waals surface area contributed by atoms with E-state index < -0.39 is 6.04 Å². The summed E-state index contributed by atoms with van der Waals surface area (Å²) < 4.78 is 0. The number of rotatable bonds is 4. The smallest absolute Gasteiger partial charge is 0.239 e. The molecule has 2 rings (SSSR count). The molecule has 5 nitrogen and oxygen atoms in total. The van der Waals surface area contributed by atoms with E-state index in [4.69, 9.17) is 10.8 Å². The topological polar surface area (TPSA) is 86.8 Å². The van der Waals surface area contributed by atoms with Gasteiger partial charge < -0.3 is 20.8 Å². The zero-order chi connectivity index (χ0) is 13.8. The highest BCUT2D eigenvalue weighted by atomic mass is 16.3. The first-order valence-electron chi connectivity index (χ1n) is 6.53. The Morgan fingerprint density at radius 2 is 2.11 bits per heavy atom. The highest BCUT2D eigenvalue weighted by molar-refractivity contribution is 5.82. The van der Waals surface area contributed by atoms with Crippen LogP contribution in [0.2, 0.25) is 0 Å². The molecule has 1 heterocycles. The summed E-state index contributed by atoms with van der Waals surface area (Å²) in [6, 6.07) is 6.14. The fourth-order valence-electron chi connectivity index (χ4n) is 2.39. The second-order valence-electron chi connectivity index (χ2n) is 5.10. The van der Waals surface area contributed by atoms with Gasteiger partial charge in [0.25, 0.3) is 0 Å². The van der Waals surface area contributed by atoms with E-state index in [-0.39, 0.29) is 24.2 Å². The van der Waals surface area contributed by atoms with Crippen molar-refractivity contribution in [2.24, 2.45) is 11.7 Å². The maximum Gasteiger partial charge on any atom is 0.239 e. The molecule has 2 atom stereocenters. The first kappa shape index (κ1) is 13.8. The molecule has 1 aliphatic heterocycles. The van der Waals surface area contributed by atoms with Crippen molar-refractivity contribution in [2.45, 2.75) is 18.9 Å². The van der Waals surface area contributed by atoms with E-state index in [2.05, 4.69) is 0 Å². The van der Waals surface area contributed by atoms with Gasteiger partial charge in [0.2, 0.25) is 5.91 Å². The van der Waals surface area contributed by atoms with Crippen LogP contribution in [0.25, 0.3) is 0 Å². The lowest BCUT2D eigenvalue weighted by atomic mass is 10.1. The van der Waals surface area contributed by atoms with Crippen LogP contribution >= 0.6 is 0 Å². The van der Waals surface area contributed by atoms with Gasteiger partial charge in [-0.25, -0.2) is 0 Å². The molecule has 0 spiro atoms. The van der Waals surface area contributed by atoms with Crippen LogP contribution in [-0.2, 0) is 11.2 Å². The Labute approximate surface area is 112 Å². The Bertz CT molecular complexity index is 433. The minimum atomic E-state index is -0.568. The van der Waals surface area contributed by atoms with Crippen LogP contribution in [0.3, 0.4) is 0 Å². The van der Waals surface area contributed by atoms with Gasteiger partial charge in [0.05, 0.1) is 6.04 Å². The minimum absolute atomic E-state index is 0.0657. The number of carbonyl (C=O) groups is 1. The number of nitrogens with two attached hydrogens (primary N) is 1. The van der Waals surface area contributed by atoms with Crippen molar-refractivity contribution in [2.75, 3.05) is 19.7 Å². The van der Waals surface area contributed by atoms with Crippen molar-refractivity contribution in [1.82, 2.24) is 4.90 Å². The van der Waals surface area contributed by atoms with Gasteiger partial charge in [0.15, 0.2) is 0 Å². The Balaban J connectivity index is 1.91. The largest absolute Gasteiger partial charge is 0.508 e. The molecule has 1 fully saturated rings. The predicted molar refractivity (Wildman–Crippen MR) is 71.6 cm³/mol. The number of hydrogen-bond acceptors (Lipinski definition) is 4. The number of hydrogen-bond donors (Lipinski definition) is 3. The van der Waals surface area contributed by atoms with Gasteiger partial charge in [-0.15, -0.1) is 0 Å². The van der Waals surface area contributed by atoms with E-state index in [0.717, 1.165) is 12.0 Å². The quantitative estimate of drug-likeness (QED) is 0.720. The first-order valence-corrected chi connectivity index (χ1v) is 6.53. The number of aliphatic hydroxyl groups excluding tert-OH is 1. The number of phenolic OH excluding ortho intramolecular Hbond substituents is 1. The lowest BCUT2D eigenvalue weighted by Crippen LogP contribution is -2.44. The molecule has 5 heteroatoms. The Hall–Kier alpha value is -1.59. The molecule has 1 aromatic carbocycles. The average molecular weight is 264 g/mol. The zero-order valence-electron chi connectivity index (χ0n) is 10.8. The number of aromatic hydroxyl groups is 1. The van der Waals surface area contributed by atoms with Crippen LogP contribution in [0.1, 0.15) is 12.0 Å². The summed E-state index contributed by atoms with van der Waals surface area (Å²) >= 11 is 0. The van der Waals surface area contributed by atoms with Gasteiger partial charge in [-0.2, -0.15) is 0 Å². The van der Waals surface area contributed by atoms with Gasteiger partial charge in [0.1, 0.15) is 5.75 Å². The fourth-order valence-corrected chi connectivity index (χ4v) is 2.39. The van der Waals surface area contributed by atoms with Crippen LogP contribution < -0.4 is 5.73 Å². The molecule has 19 heavy (non-hydrogen) atoms. The standard InChI is InChI=1S/C14H20N2O3/c15-13(7-10-1-3-12(18)4-2-10)14(19)16-6-5-11(8-16)9-17/h1-4,11,13,17-18H,5-9,15H2/t11?,13-/m0/s1. The number of likely N-dealkylation sites (tertiary alicyclic amines) is 1. The minimum Gasteiger partial charge on any atom is -0.508 e.